The van der Waals surface area contributed by atoms with Crippen molar-refractivity contribution in [2.75, 3.05) is 11.1 Å². The molecule has 0 aliphatic heterocycles. The molecule has 0 aliphatic carbocycles. The van der Waals surface area contributed by atoms with Crippen molar-refractivity contribution in [2.45, 2.75) is 13.5 Å². The fraction of sp³-hybridized carbons (Fsp3) is 0.143. The highest BCUT2D eigenvalue weighted by molar-refractivity contribution is 6.31. The molecule has 94 valence electrons. The van der Waals surface area contributed by atoms with Crippen LogP contribution in [0.4, 0.5) is 15.8 Å². The van der Waals surface area contributed by atoms with E-state index in [0.29, 0.717) is 28.5 Å². The number of nitrogens with two attached hydrogens (primary N) is 1. The molecule has 0 spiro atoms. The van der Waals surface area contributed by atoms with Crippen molar-refractivity contribution in [1.82, 2.24) is 0 Å². The number of rotatable bonds is 3. The van der Waals surface area contributed by atoms with E-state index in [1.807, 2.05) is 24.3 Å². The van der Waals surface area contributed by atoms with E-state index in [9.17, 15) is 4.39 Å². The molecule has 3 N–H and O–H groups in total. The van der Waals surface area contributed by atoms with Gasteiger partial charge in [0.1, 0.15) is 5.82 Å². The van der Waals surface area contributed by atoms with Crippen molar-refractivity contribution in [3.63, 3.8) is 0 Å². The van der Waals surface area contributed by atoms with Crippen molar-refractivity contribution in [2.24, 2.45) is 0 Å². The van der Waals surface area contributed by atoms with E-state index in [2.05, 4.69) is 5.32 Å². The first-order chi connectivity index (χ1) is 8.58. The summed E-state index contributed by atoms with van der Waals surface area (Å²) in [5.41, 5.74) is 8.40. The standard InChI is InChI=1S/C14H14ClFN2/c1-9-6-14(13(17)7-12(9)16)18-8-10-4-2-3-5-11(10)15/h2-7,18H,8,17H2,1H3. The maximum Gasteiger partial charge on any atom is 0.128 e. The number of halogens is 2. The van der Waals surface area contributed by atoms with Crippen LogP contribution in [0.1, 0.15) is 11.1 Å². The highest BCUT2D eigenvalue weighted by Crippen LogP contribution is 2.24. The average molecular weight is 265 g/mol. The maximum absolute atomic E-state index is 13.3. The van der Waals surface area contributed by atoms with Crippen molar-refractivity contribution in [3.8, 4) is 0 Å². The molecule has 0 amide bonds. The molecule has 0 aromatic heterocycles. The SMILES string of the molecule is Cc1cc(NCc2ccccc2Cl)c(N)cc1F. The van der Waals surface area contributed by atoms with Crippen molar-refractivity contribution in [1.29, 1.82) is 0 Å². The third kappa shape index (κ3) is 2.74. The van der Waals surface area contributed by atoms with Crippen LogP contribution in [0.15, 0.2) is 36.4 Å². The topological polar surface area (TPSA) is 38.0 Å². The summed E-state index contributed by atoms with van der Waals surface area (Å²) in [6, 6.07) is 10.6. The lowest BCUT2D eigenvalue weighted by Crippen LogP contribution is -2.04. The van der Waals surface area contributed by atoms with Crippen LogP contribution < -0.4 is 11.1 Å². The Balaban J connectivity index is 2.16. The van der Waals surface area contributed by atoms with Crippen LogP contribution in [0.5, 0.6) is 0 Å². The van der Waals surface area contributed by atoms with E-state index >= 15 is 0 Å². The minimum atomic E-state index is -0.296. The van der Waals surface area contributed by atoms with Gasteiger partial charge in [0.05, 0.1) is 11.4 Å². The molecule has 2 nitrogen and oxygen atoms in total. The number of nitrogen functional groups attached to an aromatic ring is 1. The van der Waals surface area contributed by atoms with Gasteiger partial charge < -0.3 is 11.1 Å². The van der Waals surface area contributed by atoms with Crippen molar-refractivity contribution >= 4 is 23.0 Å². The predicted octanol–water partition coefficient (Wildman–Crippen LogP) is 3.98. The Labute approximate surface area is 111 Å². The third-order valence-electron chi connectivity index (χ3n) is 2.76. The second-order valence-corrected chi connectivity index (χ2v) is 4.54. The normalized spacial score (nSPS) is 10.4. The van der Waals surface area contributed by atoms with Crippen molar-refractivity contribution in [3.05, 3.63) is 58.4 Å². The van der Waals surface area contributed by atoms with Crippen LogP contribution in [0.25, 0.3) is 0 Å². The van der Waals surface area contributed by atoms with Crippen LogP contribution in [-0.2, 0) is 6.54 Å². The predicted molar refractivity (Wildman–Crippen MR) is 74.3 cm³/mol. The minimum absolute atomic E-state index is 0.296. The minimum Gasteiger partial charge on any atom is -0.397 e. The van der Waals surface area contributed by atoms with Gasteiger partial charge in [-0.2, -0.15) is 0 Å². The Hall–Kier alpha value is -1.74. The molecule has 0 saturated carbocycles. The molecule has 0 saturated heterocycles. The number of hydrogen-bond donors (Lipinski definition) is 2. The Morgan fingerprint density at radius 3 is 2.72 bits per heavy atom. The molecule has 0 heterocycles. The van der Waals surface area contributed by atoms with Gasteiger partial charge in [-0.1, -0.05) is 29.8 Å². The first-order valence-corrected chi connectivity index (χ1v) is 5.98. The summed E-state index contributed by atoms with van der Waals surface area (Å²) < 4.78 is 13.3. The highest BCUT2D eigenvalue weighted by atomic mass is 35.5. The lowest BCUT2D eigenvalue weighted by molar-refractivity contribution is 0.619. The summed E-state index contributed by atoms with van der Waals surface area (Å²) in [6.07, 6.45) is 0. The average Bonchev–Trinajstić information content (AvgIpc) is 2.34. The molecule has 0 atom stereocenters. The molecule has 0 unspecified atom stereocenters. The molecule has 0 aliphatic rings. The van der Waals surface area contributed by atoms with Crippen molar-refractivity contribution < 1.29 is 4.39 Å². The van der Waals surface area contributed by atoms with Gasteiger partial charge in [0.15, 0.2) is 0 Å². The number of anilines is 2. The fourth-order valence-electron chi connectivity index (χ4n) is 1.68. The molecule has 0 bridgehead atoms. The molecule has 0 radical (unpaired) electrons. The van der Waals surface area contributed by atoms with Gasteiger partial charge in [-0.05, 0) is 36.2 Å². The summed E-state index contributed by atoms with van der Waals surface area (Å²) in [6.45, 7) is 2.25. The Bertz CT molecular complexity index is 570. The van der Waals surface area contributed by atoms with Gasteiger partial charge in [-0.3, -0.25) is 0 Å². The smallest absolute Gasteiger partial charge is 0.128 e. The van der Waals surface area contributed by atoms with Gasteiger partial charge in [-0.25, -0.2) is 4.39 Å². The number of benzene rings is 2. The lowest BCUT2D eigenvalue weighted by atomic mass is 10.1. The molecule has 2 aromatic carbocycles. The number of hydrogen-bond acceptors (Lipinski definition) is 2. The van der Waals surface area contributed by atoms with Gasteiger partial charge >= 0.3 is 0 Å². The zero-order valence-electron chi connectivity index (χ0n) is 10.0. The summed E-state index contributed by atoms with van der Waals surface area (Å²) in [7, 11) is 0. The van der Waals surface area contributed by atoms with Gasteiger partial charge in [-0.15, -0.1) is 0 Å². The van der Waals surface area contributed by atoms with Crippen LogP contribution in [0.3, 0.4) is 0 Å². The monoisotopic (exact) mass is 264 g/mol. The van der Waals surface area contributed by atoms with E-state index < -0.39 is 0 Å². The first kappa shape index (κ1) is 12.7. The van der Waals surface area contributed by atoms with E-state index in [-0.39, 0.29) is 5.82 Å². The van der Waals surface area contributed by atoms with Crippen LogP contribution >= 0.6 is 11.6 Å². The van der Waals surface area contributed by atoms with E-state index in [0.717, 1.165) is 5.56 Å². The first-order valence-electron chi connectivity index (χ1n) is 5.61. The summed E-state index contributed by atoms with van der Waals surface area (Å²) in [5, 5.41) is 3.86. The lowest BCUT2D eigenvalue weighted by Gasteiger charge is -2.11. The third-order valence-corrected chi connectivity index (χ3v) is 3.13. The quantitative estimate of drug-likeness (QED) is 0.823. The largest absolute Gasteiger partial charge is 0.397 e. The van der Waals surface area contributed by atoms with E-state index in [4.69, 9.17) is 17.3 Å². The number of nitrogens with one attached hydrogen (secondary N) is 1. The summed E-state index contributed by atoms with van der Waals surface area (Å²) >= 11 is 6.06. The summed E-state index contributed by atoms with van der Waals surface area (Å²) in [5.74, 6) is -0.296. The van der Waals surface area contributed by atoms with Crippen LogP contribution in [0, 0.1) is 12.7 Å². The van der Waals surface area contributed by atoms with E-state index in [1.54, 1.807) is 13.0 Å². The maximum atomic E-state index is 13.3. The number of aryl methyl sites for hydroxylation is 1. The zero-order valence-corrected chi connectivity index (χ0v) is 10.8. The van der Waals surface area contributed by atoms with Gasteiger partial charge in [0.2, 0.25) is 0 Å². The second kappa shape index (κ2) is 5.27. The molecule has 2 rings (SSSR count). The van der Waals surface area contributed by atoms with Gasteiger partial charge in [0, 0.05) is 11.6 Å². The molecular formula is C14H14ClFN2. The molecule has 18 heavy (non-hydrogen) atoms. The molecule has 0 fully saturated rings. The summed E-state index contributed by atoms with van der Waals surface area (Å²) in [4.78, 5) is 0. The highest BCUT2D eigenvalue weighted by Gasteiger charge is 2.05. The fourth-order valence-corrected chi connectivity index (χ4v) is 1.88. The Morgan fingerprint density at radius 1 is 1.28 bits per heavy atom. The van der Waals surface area contributed by atoms with Crippen LogP contribution in [0.2, 0.25) is 5.02 Å². The Morgan fingerprint density at radius 2 is 2.00 bits per heavy atom. The molecular weight excluding hydrogens is 251 g/mol. The second-order valence-electron chi connectivity index (χ2n) is 4.13. The molecule has 4 heteroatoms. The van der Waals surface area contributed by atoms with Gasteiger partial charge in [0.25, 0.3) is 0 Å². The zero-order chi connectivity index (χ0) is 13.1. The van der Waals surface area contributed by atoms with Crippen LogP contribution in [-0.4, -0.2) is 0 Å². The van der Waals surface area contributed by atoms with E-state index in [1.165, 1.54) is 6.07 Å². The molecule has 2 aromatic rings. The Kier molecular flexibility index (Phi) is 3.72.